The number of fused-ring (bicyclic) bond motifs is 1. The van der Waals surface area contributed by atoms with E-state index in [2.05, 4.69) is 25.9 Å². The van der Waals surface area contributed by atoms with Gasteiger partial charge in [0.15, 0.2) is 6.10 Å². The number of rotatable bonds is 4. The number of esters is 1. The molecule has 3 rings (SSSR count). The average Bonchev–Trinajstić information content (AvgIpc) is 3.11. The van der Waals surface area contributed by atoms with Crippen molar-refractivity contribution in [1.82, 2.24) is 30.4 Å². The Morgan fingerprint density at radius 3 is 2.50 bits per heavy atom. The molecule has 1 atom stereocenters. The van der Waals surface area contributed by atoms with Gasteiger partial charge in [-0.25, -0.2) is 14.3 Å². The first kappa shape index (κ1) is 19.0. The standard InChI is InChI=1S/C18H18N6O4/c1-10-9-11(2)24-18(19-10)20-14(23-24)17(27)28-12(3)15(25)21-22-16(26)13-7-5-4-6-8-13/h4-9,12H,1-3H3,(H,21,25)(H,22,26)/t12-/m0/s1. The molecule has 0 saturated heterocycles. The van der Waals surface area contributed by atoms with Crippen LogP contribution in [0.25, 0.3) is 5.78 Å². The number of aromatic nitrogens is 4. The first-order valence-electron chi connectivity index (χ1n) is 8.42. The molecular weight excluding hydrogens is 364 g/mol. The van der Waals surface area contributed by atoms with Crippen LogP contribution >= 0.6 is 0 Å². The van der Waals surface area contributed by atoms with Gasteiger partial charge in [-0.1, -0.05) is 18.2 Å². The lowest BCUT2D eigenvalue weighted by Gasteiger charge is -2.13. The number of nitrogens with zero attached hydrogens (tertiary/aromatic N) is 4. The summed E-state index contributed by atoms with van der Waals surface area (Å²) in [6.07, 6.45) is -1.18. The summed E-state index contributed by atoms with van der Waals surface area (Å²) < 4.78 is 6.48. The molecule has 0 bridgehead atoms. The number of hydrogen-bond donors (Lipinski definition) is 2. The molecule has 0 aliphatic heterocycles. The number of nitrogens with one attached hydrogen (secondary N) is 2. The molecule has 10 nitrogen and oxygen atoms in total. The van der Waals surface area contributed by atoms with Crippen LogP contribution in [0.5, 0.6) is 0 Å². The summed E-state index contributed by atoms with van der Waals surface area (Å²) in [4.78, 5) is 44.4. The zero-order valence-corrected chi connectivity index (χ0v) is 15.5. The third-order valence-electron chi connectivity index (χ3n) is 3.79. The molecule has 0 spiro atoms. The molecule has 0 saturated carbocycles. The fourth-order valence-corrected chi connectivity index (χ4v) is 2.40. The zero-order valence-electron chi connectivity index (χ0n) is 15.5. The first-order chi connectivity index (χ1) is 13.3. The van der Waals surface area contributed by atoms with E-state index >= 15 is 0 Å². The van der Waals surface area contributed by atoms with Gasteiger partial charge in [0.25, 0.3) is 23.4 Å². The molecule has 10 heteroatoms. The van der Waals surface area contributed by atoms with E-state index in [1.807, 2.05) is 0 Å². The van der Waals surface area contributed by atoms with Crippen LogP contribution in [0.3, 0.4) is 0 Å². The number of hydrogen-bond acceptors (Lipinski definition) is 7. The molecule has 2 heterocycles. The highest BCUT2D eigenvalue weighted by Gasteiger charge is 2.23. The van der Waals surface area contributed by atoms with Crippen molar-refractivity contribution in [1.29, 1.82) is 0 Å². The fourth-order valence-electron chi connectivity index (χ4n) is 2.40. The Morgan fingerprint density at radius 2 is 1.79 bits per heavy atom. The maximum absolute atomic E-state index is 12.2. The number of amides is 2. The summed E-state index contributed by atoms with van der Waals surface area (Å²) in [5.41, 5.74) is 6.32. The predicted molar refractivity (Wildman–Crippen MR) is 97.2 cm³/mol. The molecule has 0 aliphatic carbocycles. The maximum Gasteiger partial charge on any atom is 0.379 e. The van der Waals surface area contributed by atoms with Crippen LogP contribution in [0.1, 0.15) is 39.3 Å². The lowest BCUT2D eigenvalue weighted by atomic mass is 10.2. The zero-order chi connectivity index (χ0) is 20.3. The smallest absolute Gasteiger partial charge is 0.379 e. The van der Waals surface area contributed by atoms with Gasteiger partial charge in [0, 0.05) is 17.0 Å². The minimum atomic E-state index is -1.18. The highest BCUT2D eigenvalue weighted by atomic mass is 16.5. The van der Waals surface area contributed by atoms with Gasteiger partial charge < -0.3 is 4.74 Å². The van der Waals surface area contributed by atoms with Crippen molar-refractivity contribution >= 4 is 23.6 Å². The maximum atomic E-state index is 12.2. The largest absolute Gasteiger partial charge is 0.447 e. The number of aryl methyl sites for hydroxylation is 2. The molecule has 2 aromatic heterocycles. The number of hydrazine groups is 1. The van der Waals surface area contributed by atoms with Crippen molar-refractivity contribution in [3.05, 3.63) is 59.2 Å². The molecular formula is C18H18N6O4. The third kappa shape index (κ3) is 4.11. The van der Waals surface area contributed by atoms with Crippen molar-refractivity contribution < 1.29 is 19.1 Å². The monoisotopic (exact) mass is 382 g/mol. The van der Waals surface area contributed by atoms with Gasteiger partial charge in [0.2, 0.25) is 0 Å². The lowest BCUT2D eigenvalue weighted by molar-refractivity contribution is -0.129. The highest BCUT2D eigenvalue weighted by Crippen LogP contribution is 2.07. The molecule has 1 aromatic carbocycles. The van der Waals surface area contributed by atoms with Crippen LogP contribution in [-0.2, 0) is 9.53 Å². The van der Waals surface area contributed by atoms with Crippen molar-refractivity contribution in [2.24, 2.45) is 0 Å². The number of carbonyl (C=O) groups is 3. The SMILES string of the molecule is Cc1cc(C)n2nc(C(=O)O[C@@H](C)C(=O)NNC(=O)c3ccccc3)nc2n1. The quantitative estimate of drug-likeness (QED) is 0.503. The van der Waals surface area contributed by atoms with E-state index in [1.165, 1.54) is 11.4 Å². The van der Waals surface area contributed by atoms with E-state index in [9.17, 15) is 14.4 Å². The van der Waals surface area contributed by atoms with E-state index < -0.39 is 23.9 Å². The van der Waals surface area contributed by atoms with Gasteiger partial charge in [0.05, 0.1) is 0 Å². The van der Waals surface area contributed by atoms with E-state index in [4.69, 9.17) is 4.74 Å². The van der Waals surface area contributed by atoms with E-state index in [1.54, 1.807) is 50.2 Å². The van der Waals surface area contributed by atoms with E-state index in [0.717, 1.165) is 11.4 Å². The van der Waals surface area contributed by atoms with Crippen molar-refractivity contribution in [3.8, 4) is 0 Å². The molecule has 3 aromatic rings. The van der Waals surface area contributed by atoms with E-state index in [-0.39, 0.29) is 11.6 Å². The fraction of sp³-hybridized carbons (Fsp3) is 0.222. The Balaban J connectivity index is 1.60. The second-order valence-electron chi connectivity index (χ2n) is 6.04. The van der Waals surface area contributed by atoms with Gasteiger partial charge >= 0.3 is 5.97 Å². The number of benzene rings is 1. The molecule has 0 aliphatic rings. The van der Waals surface area contributed by atoms with Crippen LogP contribution in [0.2, 0.25) is 0 Å². The van der Waals surface area contributed by atoms with Crippen LogP contribution in [0, 0.1) is 13.8 Å². The van der Waals surface area contributed by atoms with E-state index in [0.29, 0.717) is 5.56 Å². The van der Waals surface area contributed by atoms with Crippen molar-refractivity contribution in [2.45, 2.75) is 26.9 Å². The molecule has 0 unspecified atom stereocenters. The topological polar surface area (TPSA) is 128 Å². The average molecular weight is 382 g/mol. The van der Waals surface area contributed by atoms with Crippen molar-refractivity contribution in [2.75, 3.05) is 0 Å². The van der Waals surface area contributed by atoms with Crippen LogP contribution in [0.15, 0.2) is 36.4 Å². The number of carbonyl (C=O) groups excluding carboxylic acids is 3. The Bertz CT molecular complexity index is 1050. The molecule has 144 valence electrons. The lowest BCUT2D eigenvalue weighted by Crippen LogP contribution is -2.46. The summed E-state index contributed by atoms with van der Waals surface area (Å²) >= 11 is 0. The molecule has 0 radical (unpaired) electrons. The van der Waals surface area contributed by atoms with Crippen LogP contribution in [-0.4, -0.2) is 43.5 Å². The summed E-state index contributed by atoms with van der Waals surface area (Å²) in [6, 6.07) is 10.1. The predicted octanol–water partition coefficient (Wildman–Crippen LogP) is 0.748. The summed E-state index contributed by atoms with van der Waals surface area (Å²) in [7, 11) is 0. The molecule has 2 N–H and O–H groups in total. The van der Waals surface area contributed by atoms with Gasteiger partial charge in [-0.2, -0.15) is 4.98 Å². The third-order valence-corrected chi connectivity index (χ3v) is 3.79. The van der Waals surface area contributed by atoms with Gasteiger partial charge in [-0.05, 0) is 39.0 Å². The van der Waals surface area contributed by atoms with Crippen LogP contribution in [0.4, 0.5) is 0 Å². The van der Waals surface area contributed by atoms with Crippen LogP contribution < -0.4 is 10.9 Å². The molecule has 0 fully saturated rings. The second kappa shape index (κ2) is 7.82. The molecule has 2 amide bonds. The normalized spacial score (nSPS) is 11.7. The first-order valence-corrected chi connectivity index (χ1v) is 8.42. The minimum absolute atomic E-state index is 0.214. The van der Waals surface area contributed by atoms with Gasteiger partial charge in [-0.3, -0.25) is 20.4 Å². The molecule has 28 heavy (non-hydrogen) atoms. The highest BCUT2D eigenvalue weighted by molar-refractivity contribution is 5.96. The van der Waals surface area contributed by atoms with Gasteiger partial charge in [-0.15, -0.1) is 5.10 Å². The summed E-state index contributed by atoms with van der Waals surface area (Å²) in [5, 5.41) is 4.05. The Morgan fingerprint density at radius 1 is 1.07 bits per heavy atom. The minimum Gasteiger partial charge on any atom is -0.447 e. The number of ether oxygens (including phenoxy) is 1. The summed E-state index contributed by atoms with van der Waals surface area (Å²) in [6.45, 7) is 4.97. The Kier molecular flexibility index (Phi) is 5.30. The Labute approximate surface area is 159 Å². The summed E-state index contributed by atoms with van der Waals surface area (Å²) in [5.74, 6) is -2.02. The van der Waals surface area contributed by atoms with Crippen molar-refractivity contribution in [3.63, 3.8) is 0 Å². The Hall–Kier alpha value is -3.82. The second-order valence-corrected chi connectivity index (χ2v) is 6.04. The van der Waals surface area contributed by atoms with Gasteiger partial charge in [0.1, 0.15) is 0 Å².